The van der Waals surface area contributed by atoms with Gasteiger partial charge in [-0.2, -0.15) is 0 Å². The van der Waals surface area contributed by atoms with Crippen LogP contribution in [0.4, 0.5) is 29.7 Å². The minimum atomic E-state index is -0.689. The molecule has 6 rings (SSSR count). The molecular weight excluding hydrogens is 731 g/mol. The molecule has 10 nitrogen and oxygen atoms in total. The van der Waals surface area contributed by atoms with Gasteiger partial charge in [-0.1, -0.05) is 62.0 Å². The van der Waals surface area contributed by atoms with E-state index in [1.807, 2.05) is 41.5 Å². The van der Waals surface area contributed by atoms with E-state index in [1.54, 1.807) is 24.3 Å². The molecule has 0 saturated heterocycles. The Hall–Kier alpha value is -3.52. The van der Waals surface area contributed by atoms with Crippen LogP contribution < -0.4 is 22.1 Å². The quantitative estimate of drug-likeness (QED) is 0.220. The highest BCUT2D eigenvalue weighted by Gasteiger charge is 2.47. The zero-order valence-corrected chi connectivity index (χ0v) is 34.0. The third-order valence-electron chi connectivity index (χ3n) is 10.1. The van der Waals surface area contributed by atoms with Crippen molar-refractivity contribution in [2.24, 2.45) is 21.8 Å². The summed E-state index contributed by atoms with van der Waals surface area (Å²) in [5.41, 5.74) is 11.5. The van der Waals surface area contributed by atoms with Gasteiger partial charge in [-0.3, -0.25) is 20.6 Å². The van der Waals surface area contributed by atoms with Crippen LogP contribution >= 0.6 is 23.5 Å². The molecule has 0 unspecified atom stereocenters. The fourth-order valence-electron chi connectivity index (χ4n) is 7.82. The fourth-order valence-corrected chi connectivity index (χ4v) is 10.2. The van der Waals surface area contributed by atoms with Crippen molar-refractivity contribution in [3.63, 3.8) is 0 Å². The number of rotatable bonds is 2. The van der Waals surface area contributed by atoms with Crippen LogP contribution in [-0.4, -0.2) is 45.2 Å². The number of halogens is 2. The number of nitrogens with one attached hydrogen (secondary N) is 2. The number of hydrogen-bond acceptors (Lipinski definition) is 10. The molecule has 14 heteroatoms. The lowest BCUT2D eigenvalue weighted by molar-refractivity contribution is 0.0551. The molecule has 2 aliphatic carbocycles. The topological polar surface area (TPSA) is 153 Å². The van der Waals surface area contributed by atoms with Gasteiger partial charge in [-0.05, 0) is 115 Å². The first kappa shape index (κ1) is 41.6. The summed E-state index contributed by atoms with van der Waals surface area (Å²) in [5.74, 6) is 1.41. The normalized spacial score (nSPS) is 25.8. The largest absolute Gasteiger partial charge is 0.444 e. The Balaban J connectivity index is 0.000000208. The maximum absolute atomic E-state index is 14.8. The van der Waals surface area contributed by atoms with Crippen LogP contribution in [0.1, 0.15) is 117 Å². The number of carbonyl (C=O) groups is 2. The van der Waals surface area contributed by atoms with Gasteiger partial charge in [0.25, 0.3) is 0 Å². The molecule has 2 amide bonds. The van der Waals surface area contributed by atoms with Crippen molar-refractivity contribution in [2.75, 3.05) is 23.0 Å². The Morgan fingerprint density at radius 3 is 1.44 bits per heavy atom. The molecule has 0 spiro atoms. The van der Waals surface area contributed by atoms with Gasteiger partial charge in [0.1, 0.15) is 22.8 Å². The summed E-state index contributed by atoms with van der Waals surface area (Å²) in [6.07, 6.45) is 8.78. The highest BCUT2D eigenvalue weighted by molar-refractivity contribution is 8.14. The molecule has 4 atom stereocenters. The van der Waals surface area contributed by atoms with E-state index < -0.39 is 34.5 Å². The molecule has 6 N–H and O–H groups in total. The molecule has 2 heterocycles. The number of carbonyl (C=O) groups excluding carboxylic acids is 2. The number of benzene rings is 2. The fraction of sp³-hybridized carbons (Fsp3) is 0.600. The second-order valence-electron chi connectivity index (χ2n) is 16.6. The third kappa shape index (κ3) is 10.4. The number of anilines is 2. The van der Waals surface area contributed by atoms with Crippen molar-refractivity contribution in [3.8, 4) is 0 Å². The molecule has 2 saturated carbocycles. The number of amides is 2. The van der Waals surface area contributed by atoms with Crippen molar-refractivity contribution in [3.05, 3.63) is 59.2 Å². The van der Waals surface area contributed by atoms with Crippen LogP contribution in [0.15, 0.2) is 46.4 Å². The van der Waals surface area contributed by atoms with Crippen LogP contribution in [0.2, 0.25) is 0 Å². The van der Waals surface area contributed by atoms with E-state index in [0.717, 1.165) is 75.7 Å². The van der Waals surface area contributed by atoms with Crippen molar-refractivity contribution in [2.45, 2.75) is 128 Å². The van der Waals surface area contributed by atoms with Gasteiger partial charge in [-0.25, -0.2) is 18.4 Å². The third-order valence-corrected chi connectivity index (χ3v) is 12.2. The highest BCUT2D eigenvalue weighted by Crippen LogP contribution is 2.50. The first-order chi connectivity index (χ1) is 25.4. The van der Waals surface area contributed by atoms with Crippen molar-refractivity contribution >= 4 is 57.4 Å². The number of aliphatic imine (C=N–C) groups is 2. The van der Waals surface area contributed by atoms with Gasteiger partial charge in [0.15, 0.2) is 10.3 Å². The average Bonchev–Trinajstić information content (AvgIpc) is 3.42. The Bertz CT molecular complexity index is 1620. The molecule has 0 aromatic heterocycles. The number of fused-ring (bicyclic) bond motifs is 2. The van der Waals surface area contributed by atoms with Crippen LogP contribution in [0.3, 0.4) is 0 Å². The van der Waals surface area contributed by atoms with Crippen LogP contribution in [0.5, 0.6) is 0 Å². The predicted molar refractivity (Wildman–Crippen MR) is 217 cm³/mol. The number of thioether (sulfide) groups is 2. The molecular formula is C40H56F2N6O4S2. The van der Waals surface area contributed by atoms with Gasteiger partial charge in [0.2, 0.25) is 0 Å². The molecule has 0 bridgehead atoms. The predicted octanol–water partition coefficient (Wildman–Crippen LogP) is 9.62. The molecule has 2 aromatic carbocycles. The molecule has 4 aliphatic rings. The number of nitrogen functional groups attached to an aromatic ring is 2. The number of amidine groups is 2. The van der Waals surface area contributed by atoms with E-state index in [9.17, 15) is 18.4 Å². The summed E-state index contributed by atoms with van der Waals surface area (Å²) in [4.78, 5) is 34.2. The van der Waals surface area contributed by atoms with Gasteiger partial charge in [-0.15, -0.1) is 0 Å². The Labute approximate surface area is 326 Å². The zero-order chi connectivity index (χ0) is 39.3. The smallest absolute Gasteiger partial charge is 0.413 e. The molecule has 296 valence electrons. The maximum Gasteiger partial charge on any atom is 0.413 e. The average molecular weight is 787 g/mol. The van der Waals surface area contributed by atoms with Crippen LogP contribution in [-0.2, 0) is 20.6 Å². The first-order valence-electron chi connectivity index (χ1n) is 19.0. The number of hydrogen-bond donors (Lipinski definition) is 4. The van der Waals surface area contributed by atoms with Crippen LogP contribution in [0, 0.1) is 23.5 Å². The monoisotopic (exact) mass is 786 g/mol. The van der Waals surface area contributed by atoms with Crippen molar-refractivity contribution in [1.29, 1.82) is 0 Å². The molecule has 2 aromatic rings. The summed E-state index contributed by atoms with van der Waals surface area (Å²) in [6.45, 7) is 10.9. The summed E-state index contributed by atoms with van der Waals surface area (Å²) in [6, 6.07) is 9.39. The van der Waals surface area contributed by atoms with Crippen molar-refractivity contribution < 1.29 is 27.8 Å². The molecule has 2 fully saturated rings. The summed E-state index contributed by atoms with van der Waals surface area (Å²) >= 11 is 3.00. The second kappa shape index (κ2) is 17.1. The van der Waals surface area contributed by atoms with E-state index in [4.69, 9.17) is 30.9 Å². The van der Waals surface area contributed by atoms with E-state index in [2.05, 4.69) is 10.6 Å². The standard InChI is InChI=1S/2C20H28FN3O2S/c2*1-19(2,3)26-18(25)23-17-24-20(15-11-14(22)8-9-16(15)21)10-6-4-5-7-13(20)12-27-17/h2*8-9,11,13H,4-7,10,12,22H2,1-3H3,(H,23,24,25)/t2*13-,20-/m00/s1. The number of nitrogens with zero attached hydrogens (tertiary/aromatic N) is 2. The summed E-state index contributed by atoms with van der Waals surface area (Å²) in [5, 5.41) is 6.49. The number of nitrogens with two attached hydrogens (primary N) is 2. The van der Waals surface area contributed by atoms with E-state index in [1.165, 1.54) is 35.7 Å². The van der Waals surface area contributed by atoms with E-state index >= 15 is 0 Å². The Kier molecular flexibility index (Phi) is 13.2. The lowest BCUT2D eigenvalue weighted by Crippen LogP contribution is -2.44. The van der Waals surface area contributed by atoms with Gasteiger partial charge >= 0.3 is 12.2 Å². The lowest BCUT2D eigenvalue weighted by Gasteiger charge is -2.40. The van der Waals surface area contributed by atoms with E-state index in [-0.39, 0.29) is 23.5 Å². The number of ether oxygens (including phenoxy) is 2. The van der Waals surface area contributed by atoms with Crippen molar-refractivity contribution in [1.82, 2.24) is 10.6 Å². The number of alkyl carbamates (subject to hydrolysis) is 2. The molecule has 54 heavy (non-hydrogen) atoms. The Morgan fingerprint density at radius 2 is 1.07 bits per heavy atom. The highest BCUT2D eigenvalue weighted by atomic mass is 32.2. The maximum atomic E-state index is 14.8. The van der Waals surface area contributed by atoms with Gasteiger partial charge < -0.3 is 20.9 Å². The first-order valence-corrected chi connectivity index (χ1v) is 20.9. The minimum Gasteiger partial charge on any atom is -0.444 e. The second-order valence-corrected chi connectivity index (χ2v) is 18.6. The SMILES string of the molecule is CC(C)(C)OC(=O)NC1=N[C@@]2(c3cc(N)ccc3F)CCCCC[C@H]2CS1.CC(C)(C)OC(=O)NC1=N[C@@]2(c3cc(N)ccc3F)CCCCC[C@H]2CS1. The lowest BCUT2D eigenvalue weighted by atomic mass is 9.75. The van der Waals surface area contributed by atoms with Gasteiger partial charge in [0, 0.05) is 34.0 Å². The Morgan fingerprint density at radius 1 is 0.685 bits per heavy atom. The minimum absolute atomic E-state index is 0.213. The molecule has 0 radical (unpaired) electrons. The molecule has 2 aliphatic heterocycles. The zero-order valence-electron chi connectivity index (χ0n) is 32.4. The van der Waals surface area contributed by atoms with E-state index in [0.29, 0.717) is 32.8 Å². The van der Waals surface area contributed by atoms with Gasteiger partial charge in [0.05, 0.1) is 11.1 Å². The van der Waals surface area contributed by atoms with Crippen LogP contribution in [0.25, 0.3) is 0 Å². The summed E-state index contributed by atoms with van der Waals surface area (Å²) in [7, 11) is 0. The summed E-state index contributed by atoms with van der Waals surface area (Å²) < 4.78 is 40.3.